The minimum absolute atomic E-state index is 0.00793. The van der Waals surface area contributed by atoms with E-state index in [2.05, 4.69) is 20.2 Å². The number of urea groups is 1. The molecule has 0 saturated carbocycles. The Morgan fingerprint density at radius 2 is 2.00 bits per heavy atom. The van der Waals surface area contributed by atoms with Crippen molar-refractivity contribution < 1.29 is 18.8 Å². The van der Waals surface area contributed by atoms with Gasteiger partial charge in [0, 0.05) is 38.3 Å². The van der Waals surface area contributed by atoms with Gasteiger partial charge in [-0.3, -0.25) is 15.4 Å². The second-order valence-corrected chi connectivity index (χ2v) is 5.94. The zero-order chi connectivity index (χ0) is 19.4. The molecule has 2 aromatic rings. The third-order valence-electron chi connectivity index (χ3n) is 4.01. The van der Waals surface area contributed by atoms with Gasteiger partial charge in [-0.15, -0.1) is 0 Å². The number of nitro groups is 1. The van der Waals surface area contributed by atoms with E-state index in [-0.39, 0.29) is 29.2 Å². The number of piperazine rings is 1. The minimum Gasteiger partial charge on any atom is -0.436 e. The van der Waals surface area contributed by atoms with Crippen LogP contribution in [0.15, 0.2) is 30.6 Å². The highest BCUT2D eigenvalue weighted by Crippen LogP contribution is 2.27. The Balaban J connectivity index is 1.67. The third-order valence-corrected chi connectivity index (χ3v) is 4.01. The summed E-state index contributed by atoms with van der Waals surface area (Å²) in [5.41, 5.74) is -0.386. The Labute approximate surface area is 153 Å². The molecule has 1 saturated heterocycles. The molecule has 1 aliphatic rings. The van der Waals surface area contributed by atoms with Crippen LogP contribution in [0.4, 0.5) is 20.7 Å². The van der Waals surface area contributed by atoms with Crippen molar-refractivity contribution in [2.45, 2.75) is 0 Å². The highest BCUT2D eigenvalue weighted by atomic mass is 19.1. The number of hydrogen-bond donors (Lipinski definition) is 1. The van der Waals surface area contributed by atoms with E-state index >= 15 is 0 Å². The first-order chi connectivity index (χ1) is 12.9. The molecular weight excluding hydrogens is 359 g/mol. The van der Waals surface area contributed by atoms with Gasteiger partial charge in [-0.05, 0) is 13.1 Å². The fourth-order valence-electron chi connectivity index (χ4n) is 2.46. The molecular formula is C16H17FN6O4. The Kier molecular flexibility index (Phi) is 5.41. The number of nitro benzene ring substituents is 1. The number of aromatic nitrogens is 2. The van der Waals surface area contributed by atoms with Crippen molar-refractivity contribution in [3.63, 3.8) is 0 Å². The predicted octanol–water partition coefficient (Wildman–Crippen LogP) is 2.10. The molecule has 0 spiro atoms. The van der Waals surface area contributed by atoms with Crippen molar-refractivity contribution in [3.05, 3.63) is 46.5 Å². The SMILES string of the molecule is CN1CCN(C(=O)Nc2cc(Oc3ccc([N+](=O)[O-])cc3F)ncn2)CC1. The molecule has 1 aromatic heterocycles. The number of carbonyl (C=O) groups excluding carboxylic acids is 1. The predicted molar refractivity (Wildman–Crippen MR) is 93.2 cm³/mol. The largest absolute Gasteiger partial charge is 0.436 e. The highest BCUT2D eigenvalue weighted by molar-refractivity contribution is 5.88. The molecule has 3 rings (SSSR count). The molecule has 0 radical (unpaired) electrons. The van der Waals surface area contributed by atoms with Crippen LogP contribution in [0.1, 0.15) is 0 Å². The Hall–Kier alpha value is -3.34. The zero-order valence-electron chi connectivity index (χ0n) is 14.5. The molecule has 1 aromatic carbocycles. The number of anilines is 1. The number of carbonyl (C=O) groups is 1. The van der Waals surface area contributed by atoms with E-state index in [0.717, 1.165) is 37.6 Å². The second-order valence-electron chi connectivity index (χ2n) is 5.94. The van der Waals surface area contributed by atoms with Crippen molar-refractivity contribution in [2.24, 2.45) is 0 Å². The molecule has 2 heterocycles. The smallest absolute Gasteiger partial charge is 0.323 e. The van der Waals surface area contributed by atoms with Crippen LogP contribution < -0.4 is 10.1 Å². The maximum Gasteiger partial charge on any atom is 0.323 e. The van der Waals surface area contributed by atoms with Crippen LogP contribution in [-0.2, 0) is 0 Å². The molecule has 0 aliphatic carbocycles. The lowest BCUT2D eigenvalue weighted by atomic mass is 10.3. The lowest BCUT2D eigenvalue weighted by molar-refractivity contribution is -0.385. The van der Waals surface area contributed by atoms with E-state index in [1.807, 2.05) is 7.05 Å². The number of benzene rings is 1. The second kappa shape index (κ2) is 7.91. The van der Waals surface area contributed by atoms with Gasteiger partial charge >= 0.3 is 6.03 Å². The van der Waals surface area contributed by atoms with Gasteiger partial charge in [-0.2, -0.15) is 0 Å². The summed E-state index contributed by atoms with van der Waals surface area (Å²) in [6.07, 6.45) is 1.16. The summed E-state index contributed by atoms with van der Waals surface area (Å²) >= 11 is 0. The number of hydrogen-bond acceptors (Lipinski definition) is 7. The van der Waals surface area contributed by atoms with Crippen molar-refractivity contribution >= 4 is 17.5 Å². The summed E-state index contributed by atoms with van der Waals surface area (Å²) in [4.78, 5) is 33.8. The van der Waals surface area contributed by atoms with Crippen molar-refractivity contribution in [3.8, 4) is 11.6 Å². The molecule has 1 aliphatic heterocycles. The Bertz CT molecular complexity index is 857. The summed E-state index contributed by atoms with van der Waals surface area (Å²) in [6, 6.07) is 4.06. The monoisotopic (exact) mass is 376 g/mol. The quantitative estimate of drug-likeness (QED) is 0.642. The molecule has 0 unspecified atom stereocenters. The Morgan fingerprint density at radius 3 is 2.67 bits per heavy atom. The fourth-order valence-corrected chi connectivity index (χ4v) is 2.46. The maximum absolute atomic E-state index is 13.9. The van der Waals surface area contributed by atoms with Crippen molar-refractivity contribution in [1.82, 2.24) is 19.8 Å². The number of nitrogens with zero attached hydrogens (tertiary/aromatic N) is 5. The first-order valence-electron chi connectivity index (χ1n) is 8.10. The number of halogens is 1. The minimum atomic E-state index is -0.897. The van der Waals surface area contributed by atoms with Crippen LogP contribution >= 0.6 is 0 Å². The molecule has 2 amide bonds. The van der Waals surface area contributed by atoms with Crippen LogP contribution in [0, 0.1) is 15.9 Å². The standard InChI is InChI=1S/C16H17FN6O4/c1-21-4-6-22(7-5-21)16(24)20-14-9-15(19-10-18-14)27-13-3-2-11(23(25)26)8-12(13)17/h2-3,8-10H,4-7H2,1H3,(H,18,19,20,24). The summed E-state index contributed by atoms with van der Waals surface area (Å²) < 4.78 is 19.2. The van der Waals surface area contributed by atoms with E-state index in [1.54, 1.807) is 4.90 Å². The Morgan fingerprint density at radius 1 is 1.26 bits per heavy atom. The zero-order valence-corrected chi connectivity index (χ0v) is 14.5. The lowest BCUT2D eigenvalue weighted by Gasteiger charge is -2.32. The van der Waals surface area contributed by atoms with Gasteiger partial charge in [-0.25, -0.2) is 19.2 Å². The van der Waals surface area contributed by atoms with Crippen LogP contribution in [0.5, 0.6) is 11.6 Å². The molecule has 0 bridgehead atoms. The van der Waals surface area contributed by atoms with Gasteiger partial charge in [0.05, 0.1) is 11.0 Å². The van der Waals surface area contributed by atoms with Gasteiger partial charge in [0.1, 0.15) is 12.1 Å². The molecule has 142 valence electrons. The van der Waals surface area contributed by atoms with E-state index in [0.29, 0.717) is 13.1 Å². The first kappa shape index (κ1) is 18.5. The van der Waals surface area contributed by atoms with Crippen molar-refractivity contribution in [2.75, 3.05) is 38.5 Å². The van der Waals surface area contributed by atoms with Crippen molar-refractivity contribution in [1.29, 1.82) is 0 Å². The van der Waals surface area contributed by atoms with E-state index in [4.69, 9.17) is 4.74 Å². The third kappa shape index (κ3) is 4.64. The molecule has 1 N–H and O–H groups in total. The van der Waals surface area contributed by atoms with Gasteiger partial charge in [0.2, 0.25) is 5.88 Å². The number of non-ortho nitro benzene ring substituents is 1. The normalized spacial score (nSPS) is 14.7. The average Bonchev–Trinajstić information content (AvgIpc) is 2.64. The summed E-state index contributed by atoms with van der Waals surface area (Å²) in [6.45, 7) is 2.77. The summed E-state index contributed by atoms with van der Waals surface area (Å²) in [5, 5.41) is 13.3. The maximum atomic E-state index is 13.9. The topological polar surface area (TPSA) is 114 Å². The number of rotatable bonds is 4. The number of ether oxygens (including phenoxy) is 1. The molecule has 10 nitrogen and oxygen atoms in total. The van der Waals surface area contributed by atoms with Gasteiger partial charge in [-0.1, -0.05) is 0 Å². The molecule has 27 heavy (non-hydrogen) atoms. The highest BCUT2D eigenvalue weighted by Gasteiger charge is 2.19. The van der Waals surface area contributed by atoms with Crippen LogP contribution in [0.3, 0.4) is 0 Å². The number of nitrogens with one attached hydrogen (secondary N) is 1. The number of likely N-dealkylation sites (N-methyl/N-ethyl adjacent to an activating group) is 1. The van der Waals surface area contributed by atoms with Gasteiger partial charge < -0.3 is 14.5 Å². The summed E-state index contributed by atoms with van der Waals surface area (Å²) in [5.74, 6) is -0.931. The van der Waals surface area contributed by atoms with Crippen LogP contribution in [-0.4, -0.2) is 63.9 Å². The van der Waals surface area contributed by atoms with Crippen LogP contribution in [0.25, 0.3) is 0 Å². The van der Waals surface area contributed by atoms with Gasteiger partial charge in [0.25, 0.3) is 5.69 Å². The molecule has 1 fully saturated rings. The van der Waals surface area contributed by atoms with Crippen LogP contribution in [0.2, 0.25) is 0 Å². The summed E-state index contributed by atoms with van der Waals surface area (Å²) in [7, 11) is 1.99. The van der Waals surface area contributed by atoms with E-state index in [1.165, 1.54) is 6.07 Å². The molecule has 0 atom stereocenters. The fraction of sp³-hybridized carbons (Fsp3) is 0.312. The number of amides is 2. The molecule has 11 heteroatoms. The first-order valence-corrected chi connectivity index (χ1v) is 8.10. The van der Waals surface area contributed by atoms with Gasteiger partial charge in [0.15, 0.2) is 11.6 Å². The van der Waals surface area contributed by atoms with E-state index in [9.17, 15) is 19.3 Å². The average molecular weight is 376 g/mol. The van der Waals surface area contributed by atoms with E-state index < -0.39 is 10.7 Å². The lowest BCUT2D eigenvalue weighted by Crippen LogP contribution is -2.48.